The number of nitrogens with zero attached hydrogens (tertiary/aromatic N) is 4. The second-order valence-electron chi connectivity index (χ2n) is 4.86. The minimum atomic E-state index is -0.288. The van der Waals surface area contributed by atoms with Crippen LogP contribution in [-0.2, 0) is 6.54 Å². The highest BCUT2D eigenvalue weighted by Crippen LogP contribution is 2.21. The van der Waals surface area contributed by atoms with Crippen LogP contribution < -0.4 is 5.32 Å². The molecule has 1 N–H and O–H groups in total. The normalized spacial score (nSPS) is 16.7. The fraction of sp³-hybridized carbons (Fsp3) is 0.462. The lowest BCUT2D eigenvalue weighted by Gasteiger charge is -2.22. The van der Waals surface area contributed by atoms with E-state index in [0.717, 1.165) is 32.5 Å². The number of benzene rings is 1. The van der Waals surface area contributed by atoms with E-state index in [4.69, 9.17) is 0 Å². The van der Waals surface area contributed by atoms with E-state index in [1.54, 1.807) is 22.9 Å². The molecule has 6 heteroatoms. The fourth-order valence-corrected chi connectivity index (χ4v) is 2.47. The van der Waals surface area contributed by atoms with E-state index in [2.05, 4.69) is 20.8 Å². The molecule has 2 aromatic rings. The largest absolute Gasteiger partial charge is 0.317 e. The van der Waals surface area contributed by atoms with Gasteiger partial charge in [-0.1, -0.05) is 12.1 Å². The summed E-state index contributed by atoms with van der Waals surface area (Å²) in [7, 11) is 0. The molecule has 0 unspecified atom stereocenters. The molecule has 1 fully saturated rings. The molecule has 0 aliphatic carbocycles. The van der Waals surface area contributed by atoms with E-state index in [1.807, 2.05) is 0 Å². The lowest BCUT2D eigenvalue weighted by molar-refractivity contribution is 0.320. The predicted octanol–water partition coefficient (Wildman–Crippen LogP) is 1.48. The highest BCUT2D eigenvalue weighted by molar-refractivity contribution is 5.55. The first kappa shape index (κ1) is 12.2. The monoisotopic (exact) mass is 261 g/mol. The molecule has 100 valence electrons. The molecule has 1 aromatic heterocycles. The number of aromatic nitrogens is 4. The van der Waals surface area contributed by atoms with Gasteiger partial charge in [-0.05, 0) is 54.4 Å². The Morgan fingerprint density at radius 3 is 2.84 bits per heavy atom. The Bertz CT molecular complexity index is 547. The van der Waals surface area contributed by atoms with Crippen molar-refractivity contribution >= 4 is 0 Å². The molecule has 5 nitrogen and oxygen atoms in total. The van der Waals surface area contributed by atoms with Crippen LogP contribution in [0.25, 0.3) is 11.4 Å². The van der Waals surface area contributed by atoms with Crippen LogP contribution in [0.15, 0.2) is 24.3 Å². The van der Waals surface area contributed by atoms with E-state index < -0.39 is 0 Å². The molecule has 0 atom stereocenters. The Morgan fingerprint density at radius 1 is 1.26 bits per heavy atom. The summed E-state index contributed by atoms with van der Waals surface area (Å²) in [6.07, 6.45) is 2.22. The molecular formula is C13H16FN5. The lowest BCUT2D eigenvalue weighted by Crippen LogP contribution is -2.30. The van der Waals surface area contributed by atoms with Gasteiger partial charge in [-0.15, -0.1) is 5.10 Å². The van der Waals surface area contributed by atoms with Crippen molar-refractivity contribution in [2.24, 2.45) is 5.92 Å². The Balaban J connectivity index is 1.84. The van der Waals surface area contributed by atoms with E-state index >= 15 is 0 Å². The van der Waals surface area contributed by atoms with Gasteiger partial charge in [0.25, 0.3) is 0 Å². The van der Waals surface area contributed by atoms with Gasteiger partial charge in [-0.2, -0.15) is 0 Å². The van der Waals surface area contributed by atoms with E-state index in [1.165, 1.54) is 6.07 Å². The summed E-state index contributed by atoms with van der Waals surface area (Å²) < 4.78 is 15.5. The van der Waals surface area contributed by atoms with Crippen molar-refractivity contribution in [2.75, 3.05) is 13.1 Å². The number of hydrogen-bond acceptors (Lipinski definition) is 4. The Hall–Kier alpha value is -1.82. The molecule has 0 saturated carbocycles. The summed E-state index contributed by atoms with van der Waals surface area (Å²) in [5.41, 5.74) is 0.460. The van der Waals surface area contributed by atoms with Gasteiger partial charge in [0.2, 0.25) is 0 Å². The molecule has 1 aliphatic heterocycles. The zero-order chi connectivity index (χ0) is 13.1. The number of hydrogen-bond donors (Lipinski definition) is 1. The van der Waals surface area contributed by atoms with Gasteiger partial charge in [0.15, 0.2) is 5.82 Å². The molecule has 1 saturated heterocycles. The molecule has 0 spiro atoms. The Labute approximate surface area is 110 Å². The van der Waals surface area contributed by atoms with Gasteiger partial charge < -0.3 is 5.32 Å². The van der Waals surface area contributed by atoms with Crippen molar-refractivity contribution in [1.82, 2.24) is 25.5 Å². The van der Waals surface area contributed by atoms with Crippen LogP contribution in [-0.4, -0.2) is 33.3 Å². The van der Waals surface area contributed by atoms with E-state index in [-0.39, 0.29) is 5.82 Å². The van der Waals surface area contributed by atoms with Crippen molar-refractivity contribution in [3.8, 4) is 11.4 Å². The van der Waals surface area contributed by atoms with Crippen LogP contribution in [0.4, 0.5) is 4.39 Å². The van der Waals surface area contributed by atoms with Crippen LogP contribution in [0, 0.1) is 11.7 Å². The molecule has 0 bridgehead atoms. The van der Waals surface area contributed by atoms with Crippen molar-refractivity contribution in [3.63, 3.8) is 0 Å². The number of halogens is 1. The standard InChI is InChI=1S/C13H16FN5/c14-12-4-2-1-3-11(12)13-16-17-18-19(13)9-10-5-7-15-8-6-10/h1-4,10,15H,5-9H2. The van der Waals surface area contributed by atoms with Gasteiger partial charge in [0.1, 0.15) is 5.82 Å². The average Bonchev–Trinajstić information content (AvgIpc) is 2.88. The van der Waals surface area contributed by atoms with Crippen molar-refractivity contribution in [1.29, 1.82) is 0 Å². The fourth-order valence-electron chi connectivity index (χ4n) is 2.47. The summed E-state index contributed by atoms with van der Waals surface area (Å²) in [6.45, 7) is 2.81. The summed E-state index contributed by atoms with van der Waals surface area (Å²) in [4.78, 5) is 0. The molecule has 19 heavy (non-hydrogen) atoms. The molecule has 0 amide bonds. The summed E-state index contributed by atoms with van der Waals surface area (Å²) in [5.74, 6) is 0.774. The second-order valence-corrected chi connectivity index (χ2v) is 4.86. The van der Waals surface area contributed by atoms with Crippen LogP contribution in [0.1, 0.15) is 12.8 Å². The molecular weight excluding hydrogens is 245 g/mol. The van der Waals surface area contributed by atoms with Crippen molar-refractivity contribution < 1.29 is 4.39 Å². The molecule has 0 radical (unpaired) electrons. The third kappa shape index (κ3) is 2.63. The minimum absolute atomic E-state index is 0.288. The third-order valence-electron chi connectivity index (χ3n) is 3.54. The molecule has 1 aliphatic rings. The number of rotatable bonds is 3. The SMILES string of the molecule is Fc1ccccc1-c1nnnn1CC1CCNCC1. The zero-order valence-corrected chi connectivity index (χ0v) is 10.6. The molecule has 3 rings (SSSR count). The molecule has 1 aromatic carbocycles. The van der Waals surface area contributed by atoms with Gasteiger partial charge in [0.05, 0.1) is 5.56 Å². The first-order valence-electron chi connectivity index (χ1n) is 6.56. The highest BCUT2D eigenvalue weighted by atomic mass is 19.1. The third-order valence-corrected chi connectivity index (χ3v) is 3.54. The van der Waals surface area contributed by atoms with Crippen LogP contribution >= 0.6 is 0 Å². The Morgan fingerprint density at radius 2 is 2.05 bits per heavy atom. The zero-order valence-electron chi connectivity index (χ0n) is 10.6. The van der Waals surface area contributed by atoms with Crippen LogP contribution in [0.5, 0.6) is 0 Å². The average molecular weight is 261 g/mol. The maximum atomic E-state index is 13.8. The van der Waals surface area contributed by atoms with Crippen molar-refractivity contribution in [3.05, 3.63) is 30.1 Å². The first-order chi connectivity index (χ1) is 9.34. The first-order valence-corrected chi connectivity index (χ1v) is 6.56. The lowest BCUT2D eigenvalue weighted by atomic mass is 9.98. The number of nitrogens with one attached hydrogen (secondary N) is 1. The number of piperidine rings is 1. The molecule has 2 heterocycles. The topological polar surface area (TPSA) is 55.6 Å². The van der Waals surface area contributed by atoms with E-state index in [9.17, 15) is 4.39 Å². The maximum absolute atomic E-state index is 13.8. The Kier molecular flexibility index (Phi) is 3.50. The summed E-state index contributed by atoms with van der Waals surface area (Å²) in [6, 6.07) is 6.60. The second kappa shape index (κ2) is 5.44. The van der Waals surface area contributed by atoms with Gasteiger partial charge >= 0.3 is 0 Å². The van der Waals surface area contributed by atoms with Crippen LogP contribution in [0.2, 0.25) is 0 Å². The predicted molar refractivity (Wildman–Crippen MR) is 68.8 cm³/mol. The van der Waals surface area contributed by atoms with Crippen molar-refractivity contribution in [2.45, 2.75) is 19.4 Å². The van der Waals surface area contributed by atoms with Gasteiger partial charge in [0, 0.05) is 6.54 Å². The maximum Gasteiger partial charge on any atom is 0.184 e. The van der Waals surface area contributed by atoms with Gasteiger partial charge in [-0.25, -0.2) is 9.07 Å². The quantitative estimate of drug-likeness (QED) is 0.909. The smallest absolute Gasteiger partial charge is 0.184 e. The van der Waals surface area contributed by atoms with Crippen LogP contribution in [0.3, 0.4) is 0 Å². The van der Waals surface area contributed by atoms with E-state index in [0.29, 0.717) is 17.3 Å². The summed E-state index contributed by atoms with van der Waals surface area (Å²) >= 11 is 0. The number of tetrazole rings is 1. The van der Waals surface area contributed by atoms with Gasteiger partial charge in [-0.3, -0.25) is 0 Å². The summed E-state index contributed by atoms with van der Waals surface area (Å²) in [5, 5.41) is 15.0. The highest BCUT2D eigenvalue weighted by Gasteiger charge is 2.18. The minimum Gasteiger partial charge on any atom is -0.317 e.